The molecule has 1 aromatic rings. The highest BCUT2D eigenvalue weighted by atomic mass is 35.5. The van der Waals surface area contributed by atoms with E-state index >= 15 is 0 Å². The number of carbonyl (C=O) groups is 1. The van der Waals surface area contributed by atoms with Gasteiger partial charge in [-0.1, -0.05) is 11.6 Å². The third kappa shape index (κ3) is 4.48. The van der Waals surface area contributed by atoms with Crippen LogP contribution >= 0.6 is 11.6 Å². The van der Waals surface area contributed by atoms with Gasteiger partial charge in [0.25, 0.3) is 0 Å². The van der Waals surface area contributed by atoms with Crippen LogP contribution in [0.2, 0.25) is 5.15 Å². The molecular weight excluding hydrogens is 263 g/mol. The van der Waals surface area contributed by atoms with Crippen molar-refractivity contribution in [1.82, 2.24) is 4.98 Å². The fourth-order valence-corrected chi connectivity index (χ4v) is 1.09. The molecule has 1 N–H and O–H groups in total. The summed E-state index contributed by atoms with van der Waals surface area (Å²) in [6, 6.07) is 2.32. The normalized spacial score (nSPS) is 11.3. The molecule has 1 rings (SSSR count). The molecule has 0 aliphatic carbocycles. The summed E-state index contributed by atoms with van der Waals surface area (Å²) in [6.45, 7) is -0.711. The molecule has 94 valence electrons. The lowest BCUT2D eigenvalue weighted by atomic mass is 10.3. The van der Waals surface area contributed by atoms with Gasteiger partial charge in [0, 0.05) is 0 Å². The Hall–Kier alpha value is -1.50. The first-order valence-corrected chi connectivity index (χ1v) is 4.77. The van der Waals surface area contributed by atoms with Crippen LogP contribution in [0.1, 0.15) is 16.8 Å². The molecule has 0 fully saturated rings. The van der Waals surface area contributed by atoms with Gasteiger partial charge in [0.2, 0.25) is 5.88 Å². The van der Waals surface area contributed by atoms with Crippen molar-refractivity contribution in [2.45, 2.75) is 12.6 Å². The molecule has 0 amide bonds. The van der Waals surface area contributed by atoms with Crippen LogP contribution in [0.5, 0.6) is 5.88 Å². The second-order valence-electron chi connectivity index (χ2n) is 3.01. The lowest BCUT2D eigenvalue weighted by molar-refractivity contribution is -0.139. The zero-order chi connectivity index (χ0) is 13.1. The molecule has 0 radical (unpaired) electrons. The van der Waals surface area contributed by atoms with Crippen molar-refractivity contribution >= 4 is 17.6 Å². The van der Waals surface area contributed by atoms with Crippen molar-refractivity contribution in [1.29, 1.82) is 0 Å². The van der Waals surface area contributed by atoms with E-state index in [4.69, 9.17) is 16.7 Å². The number of carboxylic acid groups (broad SMARTS) is 1. The predicted octanol–water partition coefficient (Wildman–Crippen LogP) is 2.76. The number of pyridine rings is 1. The summed E-state index contributed by atoms with van der Waals surface area (Å²) in [5, 5.41) is 8.67. The second-order valence-corrected chi connectivity index (χ2v) is 3.39. The number of rotatable bonds is 4. The number of aromatic nitrogens is 1. The van der Waals surface area contributed by atoms with E-state index in [0.29, 0.717) is 0 Å². The van der Waals surface area contributed by atoms with E-state index in [1.807, 2.05) is 0 Å². The van der Waals surface area contributed by atoms with Gasteiger partial charge in [0.15, 0.2) is 0 Å². The zero-order valence-electron chi connectivity index (χ0n) is 8.29. The number of hydrogen-bond acceptors (Lipinski definition) is 3. The van der Waals surface area contributed by atoms with E-state index in [0.717, 1.165) is 6.07 Å². The van der Waals surface area contributed by atoms with E-state index in [2.05, 4.69) is 9.72 Å². The molecule has 0 saturated heterocycles. The summed E-state index contributed by atoms with van der Waals surface area (Å²) >= 11 is 5.48. The average molecular weight is 270 g/mol. The first-order chi connectivity index (χ1) is 7.79. The highest BCUT2D eigenvalue weighted by molar-refractivity contribution is 6.29. The van der Waals surface area contributed by atoms with Crippen LogP contribution in [-0.4, -0.2) is 28.8 Å². The number of alkyl halides is 3. The maximum Gasteiger partial charge on any atom is 0.392 e. The molecule has 4 nitrogen and oxygen atoms in total. The number of halogens is 4. The molecule has 8 heteroatoms. The number of carboxylic acids is 1. The van der Waals surface area contributed by atoms with E-state index in [-0.39, 0.29) is 10.7 Å². The zero-order valence-corrected chi connectivity index (χ0v) is 9.05. The summed E-state index contributed by atoms with van der Waals surface area (Å²) in [5.41, 5.74) is -0.337. The number of hydrogen-bond donors (Lipinski definition) is 1. The van der Waals surface area contributed by atoms with Crippen molar-refractivity contribution in [3.05, 3.63) is 22.8 Å². The Morgan fingerprint density at radius 1 is 1.47 bits per heavy atom. The summed E-state index contributed by atoms with van der Waals surface area (Å²) < 4.78 is 40.2. The third-order valence-electron chi connectivity index (χ3n) is 1.68. The minimum atomic E-state index is -4.37. The molecule has 0 saturated carbocycles. The molecule has 17 heavy (non-hydrogen) atoms. The highest BCUT2D eigenvalue weighted by Crippen LogP contribution is 2.22. The fraction of sp³-hybridized carbons (Fsp3) is 0.333. The number of ether oxygens (including phenoxy) is 1. The average Bonchev–Trinajstić information content (AvgIpc) is 2.15. The van der Waals surface area contributed by atoms with Gasteiger partial charge >= 0.3 is 12.1 Å². The monoisotopic (exact) mass is 269 g/mol. The summed E-state index contributed by atoms with van der Waals surface area (Å²) in [4.78, 5) is 14.2. The smallest absolute Gasteiger partial charge is 0.392 e. The molecule has 0 bridgehead atoms. The van der Waals surface area contributed by atoms with Crippen LogP contribution in [0.15, 0.2) is 12.1 Å². The standard InChI is InChI=1S/C9H7ClF3NO3/c10-6-2-1-5(8(15)16)7(14-6)17-4-3-9(11,12)13/h1-2H,3-4H2,(H,15,16). The van der Waals surface area contributed by atoms with Gasteiger partial charge in [-0.2, -0.15) is 13.2 Å². The van der Waals surface area contributed by atoms with Crippen LogP contribution in [0, 0.1) is 0 Å². The molecule has 1 aromatic heterocycles. The lowest BCUT2D eigenvalue weighted by Gasteiger charge is -2.09. The Labute approximate surface area is 99.0 Å². The lowest BCUT2D eigenvalue weighted by Crippen LogP contribution is -2.14. The van der Waals surface area contributed by atoms with Gasteiger partial charge in [-0.3, -0.25) is 0 Å². The molecular formula is C9H7ClF3NO3. The SMILES string of the molecule is O=C(O)c1ccc(Cl)nc1OCCC(F)(F)F. The van der Waals surface area contributed by atoms with Crippen LogP contribution in [-0.2, 0) is 0 Å². The molecule has 0 spiro atoms. The molecule has 0 atom stereocenters. The maximum atomic E-state index is 11.9. The minimum Gasteiger partial charge on any atom is -0.477 e. The fourth-order valence-electron chi connectivity index (χ4n) is 0.954. The van der Waals surface area contributed by atoms with Crippen LogP contribution in [0.25, 0.3) is 0 Å². The Kier molecular flexibility index (Phi) is 4.17. The second kappa shape index (κ2) is 5.22. The van der Waals surface area contributed by atoms with E-state index in [1.54, 1.807) is 0 Å². The summed E-state index contributed by atoms with van der Waals surface area (Å²) in [7, 11) is 0. The number of aromatic carboxylic acids is 1. The molecule has 0 aliphatic heterocycles. The van der Waals surface area contributed by atoms with E-state index in [1.165, 1.54) is 6.07 Å². The molecule has 0 aromatic carbocycles. The molecule has 1 heterocycles. The van der Waals surface area contributed by atoms with Crippen molar-refractivity contribution in [3.8, 4) is 5.88 Å². The van der Waals surface area contributed by atoms with Crippen LogP contribution in [0.4, 0.5) is 13.2 Å². The first kappa shape index (κ1) is 13.6. The first-order valence-electron chi connectivity index (χ1n) is 4.39. The largest absolute Gasteiger partial charge is 0.477 e. The predicted molar refractivity (Wildman–Crippen MR) is 52.4 cm³/mol. The van der Waals surface area contributed by atoms with Gasteiger partial charge < -0.3 is 9.84 Å². The summed E-state index contributed by atoms with van der Waals surface area (Å²) in [5.74, 6) is -1.77. The van der Waals surface area contributed by atoms with Gasteiger partial charge in [0.1, 0.15) is 10.7 Å². The third-order valence-corrected chi connectivity index (χ3v) is 1.89. The Morgan fingerprint density at radius 2 is 2.12 bits per heavy atom. The Bertz CT molecular complexity index is 422. The van der Waals surface area contributed by atoms with E-state index in [9.17, 15) is 18.0 Å². The Morgan fingerprint density at radius 3 is 2.65 bits per heavy atom. The highest BCUT2D eigenvalue weighted by Gasteiger charge is 2.27. The van der Waals surface area contributed by atoms with Gasteiger partial charge in [0.05, 0.1) is 13.0 Å². The van der Waals surface area contributed by atoms with Gasteiger partial charge in [-0.05, 0) is 12.1 Å². The van der Waals surface area contributed by atoms with E-state index < -0.39 is 31.1 Å². The molecule has 0 unspecified atom stereocenters. The van der Waals surface area contributed by atoms with Crippen molar-refractivity contribution in [3.63, 3.8) is 0 Å². The summed E-state index contributed by atoms with van der Waals surface area (Å²) in [6.07, 6.45) is -5.57. The van der Waals surface area contributed by atoms with Crippen LogP contribution in [0.3, 0.4) is 0 Å². The minimum absolute atomic E-state index is 0.0583. The number of nitrogens with zero attached hydrogens (tertiary/aromatic N) is 1. The van der Waals surface area contributed by atoms with Gasteiger partial charge in [-0.15, -0.1) is 0 Å². The maximum absolute atomic E-state index is 11.9. The Balaban J connectivity index is 2.75. The van der Waals surface area contributed by atoms with Crippen molar-refractivity contribution < 1.29 is 27.8 Å². The van der Waals surface area contributed by atoms with Gasteiger partial charge in [-0.25, -0.2) is 9.78 Å². The quantitative estimate of drug-likeness (QED) is 0.854. The van der Waals surface area contributed by atoms with Crippen molar-refractivity contribution in [2.24, 2.45) is 0 Å². The topological polar surface area (TPSA) is 59.4 Å². The van der Waals surface area contributed by atoms with Crippen molar-refractivity contribution in [2.75, 3.05) is 6.61 Å². The molecule has 0 aliphatic rings. The van der Waals surface area contributed by atoms with Crippen LogP contribution < -0.4 is 4.74 Å².